The Bertz CT molecular complexity index is 1370. The summed E-state index contributed by atoms with van der Waals surface area (Å²) in [6.45, 7) is 2.55. The third-order valence-corrected chi connectivity index (χ3v) is 9.53. The molecule has 198 valence electrons. The molecule has 6 bridgehead atoms. The Morgan fingerprint density at radius 2 is 2.05 bits per heavy atom. The van der Waals surface area contributed by atoms with Crippen molar-refractivity contribution in [2.45, 2.75) is 81.5 Å². The zero-order valence-corrected chi connectivity index (χ0v) is 21.7. The highest BCUT2D eigenvalue weighted by Gasteiger charge is 2.46. The SMILES string of the molecule is CC[C@@]12CCC3CC3c3ccc4c(c3)[C@@H](NC(=O)c3ccc5c(c3)[C@@H](CCO5)N(C(=O)C1)C(N)=N2)[C@H](O)C4. The monoisotopic (exact) mass is 514 g/mol. The first kappa shape index (κ1) is 23.7. The van der Waals surface area contributed by atoms with Crippen molar-refractivity contribution < 1.29 is 19.4 Å². The second-order valence-electron chi connectivity index (χ2n) is 11.7. The van der Waals surface area contributed by atoms with Crippen LogP contribution in [0.3, 0.4) is 0 Å². The Kier molecular flexibility index (Phi) is 5.34. The molecule has 4 N–H and O–H groups in total. The van der Waals surface area contributed by atoms with Crippen LogP contribution >= 0.6 is 0 Å². The standard InChI is InChI=1S/C30H34N4O4/c1-2-30-9-7-18-11-20(18)16-3-4-17-14-24(35)27(21(17)12-16)32-28(37)19-5-6-25-22(13-19)23(8-10-38-25)34(26(36)15-30)29(31)33-30/h3-6,12-13,18,20,23-24,27,35H,2,7-11,14-15H2,1H3,(H2,31,33)(H,32,37)/t18?,20?,23-,24-,27-,30-/m1/s1. The lowest BCUT2D eigenvalue weighted by atomic mass is 9.84. The molecule has 4 heterocycles. The minimum atomic E-state index is -0.668. The summed E-state index contributed by atoms with van der Waals surface area (Å²) in [5, 5.41) is 14.0. The molecule has 2 amide bonds. The van der Waals surface area contributed by atoms with Crippen molar-refractivity contribution in [3.63, 3.8) is 0 Å². The number of nitrogens with two attached hydrogens (primary N) is 1. The molecule has 6 aliphatic rings. The molecule has 2 aromatic rings. The van der Waals surface area contributed by atoms with Gasteiger partial charge in [-0.1, -0.05) is 25.1 Å². The van der Waals surface area contributed by atoms with Gasteiger partial charge >= 0.3 is 0 Å². The van der Waals surface area contributed by atoms with Gasteiger partial charge in [-0.25, -0.2) is 4.99 Å². The predicted molar refractivity (Wildman–Crippen MR) is 142 cm³/mol. The number of aliphatic hydroxyl groups excluding tert-OH is 1. The highest BCUT2D eigenvalue weighted by molar-refractivity contribution is 6.00. The van der Waals surface area contributed by atoms with Crippen molar-refractivity contribution >= 4 is 17.8 Å². The number of carbonyl (C=O) groups is 2. The molecule has 2 aromatic carbocycles. The number of aliphatic hydroxyl groups is 1. The van der Waals surface area contributed by atoms with E-state index in [0.717, 1.165) is 42.4 Å². The van der Waals surface area contributed by atoms with Gasteiger partial charge in [0.2, 0.25) is 5.91 Å². The summed E-state index contributed by atoms with van der Waals surface area (Å²) in [6, 6.07) is 11.0. The van der Waals surface area contributed by atoms with E-state index in [1.165, 1.54) is 5.56 Å². The van der Waals surface area contributed by atoms with E-state index < -0.39 is 17.7 Å². The fourth-order valence-corrected chi connectivity index (χ4v) is 7.17. The van der Waals surface area contributed by atoms with Crippen molar-refractivity contribution in [1.29, 1.82) is 0 Å². The molecule has 6 atom stereocenters. The molecule has 1 fully saturated rings. The van der Waals surface area contributed by atoms with E-state index in [9.17, 15) is 14.7 Å². The fraction of sp³-hybridized carbons (Fsp3) is 0.500. The molecule has 0 radical (unpaired) electrons. The molecule has 8 rings (SSSR count). The number of aliphatic imine (C=N–C) groups is 1. The number of hydrogen-bond acceptors (Lipinski definition) is 6. The highest BCUT2D eigenvalue weighted by Crippen LogP contribution is 2.53. The topological polar surface area (TPSA) is 117 Å². The highest BCUT2D eigenvalue weighted by atomic mass is 16.5. The Morgan fingerprint density at radius 3 is 2.87 bits per heavy atom. The maximum Gasteiger partial charge on any atom is 0.251 e. The second-order valence-corrected chi connectivity index (χ2v) is 11.7. The number of guanidine groups is 1. The zero-order valence-electron chi connectivity index (χ0n) is 21.7. The van der Waals surface area contributed by atoms with Gasteiger partial charge in [0.15, 0.2) is 5.96 Å². The number of rotatable bonds is 1. The van der Waals surface area contributed by atoms with Gasteiger partial charge in [-0.2, -0.15) is 0 Å². The van der Waals surface area contributed by atoms with Crippen molar-refractivity contribution in [1.82, 2.24) is 10.2 Å². The molecule has 0 aromatic heterocycles. The van der Waals surface area contributed by atoms with Crippen LogP contribution < -0.4 is 15.8 Å². The molecule has 0 saturated heterocycles. The molecule has 1 saturated carbocycles. The van der Waals surface area contributed by atoms with Crippen LogP contribution in [0, 0.1) is 5.92 Å². The minimum Gasteiger partial charge on any atom is -0.493 e. The van der Waals surface area contributed by atoms with Crippen molar-refractivity contribution in [3.8, 4) is 5.75 Å². The predicted octanol–water partition coefficient (Wildman–Crippen LogP) is 3.49. The quantitative estimate of drug-likeness (QED) is 0.539. The Labute approximate surface area is 222 Å². The number of hydrogen-bond donors (Lipinski definition) is 3. The molecule has 4 aliphatic heterocycles. The molecular weight excluding hydrogens is 480 g/mol. The van der Waals surface area contributed by atoms with Crippen LogP contribution in [-0.4, -0.2) is 46.0 Å². The van der Waals surface area contributed by atoms with Crippen LogP contribution in [0.15, 0.2) is 41.4 Å². The van der Waals surface area contributed by atoms with E-state index in [1.54, 1.807) is 23.1 Å². The summed E-state index contributed by atoms with van der Waals surface area (Å²) in [7, 11) is 0. The van der Waals surface area contributed by atoms with Crippen LogP contribution in [0.2, 0.25) is 0 Å². The Hall–Kier alpha value is -3.39. The summed E-state index contributed by atoms with van der Waals surface area (Å²) < 4.78 is 5.89. The van der Waals surface area contributed by atoms with Gasteiger partial charge < -0.3 is 20.9 Å². The van der Waals surface area contributed by atoms with E-state index in [2.05, 4.69) is 30.4 Å². The molecule has 8 nitrogen and oxygen atoms in total. The van der Waals surface area contributed by atoms with Crippen LogP contribution in [0.5, 0.6) is 5.75 Å². The lowest BCUT2D eigenvalue weighted by molar-refractivity contribution is -0.132. The first-order valence-corrected chi connectivity index (χ1v) is 13.9. The van der Waals surface area contributed by atoms with E-state index in [4.69, 9.17) is 15.5 Å². The minimum absolute atomic E-state index is 0.0187. The molecule has 2 unspecified atom stereocenters. The van der Waals surface area contributed by atoms with Crippen molar-refractivity contribution in [3.05, 3.63) is 64.2 Å². The van der Waals surface area contributed by atoms with Gasteiger partial charge in [0.25, 0.3) is 5.91 Å². The summed E-state index contributed by atoms with van der Waals surface area (Å²) in [5.74, 6) is 1.62. The van der Waals surface area contributed by atoms with E-state index in [1.807, 2.05) is 0 Å². The average Bonchev–Trinajstić information content (AvgIpc) is 3.63. The lowest BCUT2D eigenvalue weighted by Crippen LogP contribution is -2.53. The number of nitrogens with one attached hydrogen (secondary N) is 1. The Balaban J connectivity index is 1.33. The van der Waals surface area contributed by atoms with Crippen LogP contribution in [0.1, 0.15) is 96.1 Å². The summed E-state index contributed by atoms with van der Waals surface area (Å²) in [4.78, 5) is 33.7. The van der Waals surface area contributed by atoms with Crippen LogP contribution in [0.4, 0.5) is 0 Å². The van der Waals surface area contributed by atoms with Gasteiger partial charge in [-0.3, -0.25) is 14.5 Å². The largest absolute Gasteiger partial charge is 0.493 e. The molecule has 8 heteroatoms. The number of fused-ring (bicyclic) bond motifs is 3. The van der Waals surface area contributed by atoms with Crippen LogP contribution in [-0.2, 0) is 11.2 Å². The van der Waals surface area contributed by atoms with Crippen LogP contribution in [0.25, 0.3) is 0 Å². The van der Waals surface area contributed by atoms with Gasteiger partial charge in [-0.15, -0.1) is 0 Å². The number of ether oxygens (including phenoxy) is 1. The maximum atomic E-state index is 13.7. The normalized spacial score (nSPS) is 33.5. The molecule has 38 heavy (non-hydrogen) atoms. The van der Waals surface area contributed by atoms with Gasteiger partial charge in [0.1, 0.15) is 5.75 Å². The third-order valence-electron chi connectivity index (χ3n) is 9.53. The van der Waals surface area contributed by atoms with E-state index >= 15 is 0 Å². The van der Waals surface area contributed by atoms with Gasteiger partial charge in [-0.05, 0) is 72.4 Å². The summed E-state index contributed by atoms with van der Waals surface area (Å²) in [6.07, 6.45) is 4.47. The van der Waals surface area contributed by atoms with Gasteiger partial charge in [0, 0.05) is 24.0 Å². The van der Waals surface area contributed by atoms with Gasteiger partial charge in [0.05, 0.1) is 36.8 Å². The summed E-state index contributed by atoms with van der Waals surface area (Å²) >= 11 is 0. The lowest BCUT2D eigenvalue weighted by Gasteiger charge is -2.42. The fourth-order valence-electron chi connectivity index (χ4n) is 7.17. The first-order chi connectivity index (χ1) is 18.4. The number of amides is 2. The smallest absolute Gasteiger partial charge is 0.251 e. The van der Waals surface area contributed by atoms with E-state index in [-0.39, 0.29) is 23.8 Å². The first-order valence-electron chi connectivity index (χ1n) is 13.9. The van der Waals surface area contributed by atoms with Crippen molar-refractivity contribution in [2.75, 3.05) is 6.61 Å². The molecule has 0 spiro atoms. The number of carbonyl (C=O) groups excluding carboxylic acids is 2. The average molecular weight is 515 g/mol. The molecular formula is C30H34N4O4. The maximum absolute atomic E-state index is 13.7. The Morgan fingerprint density at radius 1 is 1.18 bits per heavy atom. The zero-order chi connectivity index (χ0) is 26.2. The van der Waals surface area contributed by atoms with E-state index in [0.29, 0.717) is 49.0 Å². The molecule has 2 aliphatic carbocycles. The summed E-state index contributed by atoms with van der Waals surface area (Å²) in [5.41, 5.74) is 10.7. The third kappa shape index (κ3) is 3.72. The number of benzene rings is 2. The second kappa shape index (κ2) is 8.56. The van der Waals surface area contributed by atoms with Crippen molar-refractivity contribution in [2.24, 2.45) is 16.6 Å². The number of nitrogens with zero attached hydrogens (tertiary/aromatic N) is 2.